The van der Waals surface area contributed by atoms with Gasteiger partial charge in [-0.15, -0.1) is 0 Å². The van der Waals surface area contributed by atoms with Gasteiger partial charge in [0.1, 0.15) is 30.3 Å². The van der Waals surface area contributed by atoms with Gasteiger partial charge in [0, 0.05) is 39.5 Å². The van der Waals surface area contributed by atoms with Crippen molar-refractivity contribution < 1.29 is 28.3 Å². The Labute approximate surface area is 315 Å². The fraction of sp³-hybridized carbons (Fsp3) is 0.550. The molecule has 6 N–H and O–H groups in total. The Morgan fingerprint density at radius 2 is 1.55 bits per heavy atom. The van der Waals surface area contributed by atoms with Crippen LogP contribution in [0.1, 0.15) is 88.6 Å². The van der Waals surface area contributed by atoms with Crippen LogP contribution in [0.15, 0.2) is 60.4 Å². The number of carbonyl (C=O) groups excluding carboxylic acids is 4. The fourth-order valence-electron chi connectivity index (χ4n) is 5.95. The molecule has 1 aliphatic heterocycles. The second-order valence-corrected chi connectivity index (χ2v) is 14.5. The molecule has 0 radical (unpaired) electrons. The number of hydrogen-bond donors (Lipinski definition) is 4. The van der Waals surface area contributed by atoms with Crippen molar-refractivity contribution in [2.75, 3.05) is 40.3 Å². The van der Waals surface area contributed by atoms with Gasteiger partial charge in [-0.3, -0.25) is 19.2 Å². The number of aryl methyl sites for hydroxylation is 1. The minimum Gasteiger partial charge on any atom is -0.486 e. The number of rotatable bonds is 3. The van der Waals surface area contributed by atoms with Crippen molar-refractivity contribution in [1.29, 1.82) is 0 Å². The third kappa shape index (κ3) is 16.3. The van der Waals surface area contributed by atoms with Gasteiger partial charge < -0.3 is 35.9 Å². The smallest absolute Gasteiger partial charge is 0.255 e. The van der Waals surface area contributed by atoms with Gasteiger partial charge in [0.25, 0.3) is 5.91 Å². The highest BCUT2D eigenvalue weighted by Crippen LogP contribution is 2.22. The molecule has 1 heterocycles. The highest BCUT2D eigenvalue weighted by atomic mass is 19.1. The van der Waals surface area contributed by atoms with Crippen molar-refractivity contribution in [1.82, 2.24) is 25.4 Å². The first kappa shape index (κ1) is 44.5. The zero-order chi connectivity index (χ0) is 39.5. The Morgan fingerprint density at radius 3 is 2.15 bits per heavy atom. The van der Waals surface area contributed by atoms with Crippen LogP contribution in [0.5, 0.6) is 5.75 Å². The molecule has 13 heteroatoms. The fourth-order valence-corrected chi connectivity index (χ4v) is 5.95. The van der Waals surface area contributed by atoms with Crippen LogP contribution in [-0.2, 0) is 14.4 Å². The quantitative estimate of drug-likeness (QED) is 0.329. The Bertz CT molecular complexity index is 1490. The normalized spacial score (nSPS) is 20.7. The number of likely N-dealkylation sites (N-methyl/N-ethyl adjacent to an activating group) is 2. The lowest BCUT2D eigenvalue weighted by Crippen LogP contribution is -2.57. The van der Waals surface area contributed by atoms with E-state index in [1.807, 2.05) is 45.9 Å². The van der Waals surface area contributed by atoms with Crippen molar-refractivity contribution in [3.05, 3.63) is 77.4 Å². The van der Waals surface area contributed by atoms with E-state index in [2.05, 4.69) is 29.7 Å². The molecule has 1 aliphatic rings. The SMILES string of the molecule is CC(C)CC1NC(=O)c2ccc(F)cc2OC/C(N)=C/N(N)CCCCCCCCNC(=O)CN(C)C(=O)C(C(C)C)N(C)C1=O.Cc1ccccc1. The highest BCUT2D eigenvalue weighted by molar-refractivity contribution is 6.00. The molecular formula is C40H62FN7O5. The van der Waals surface area contributed by atoms with Crippen LogP contribution in [0, 0.1) is 24.6 Å². The molecule has 53 heavy (non-hydrogen) atoms. The van der Waals surface area contributed by atoms with Crippen molar-refractivity contribution in [3.63, 3.8) is 0 Å². The molecule has 3 rings (SSSR count). The second-order valence-electron chi connectivity index (χ2n) is 14.5. The third-order valence-electron chi connectivity index (χ3n) is 8.74. The number of nitrogens with two attached hydrogens (primary N) is 2. The van der Waals surface area contributed by atoms with Gasteiger partial charge in [0.2, 0.25) is 17.7 Å². The maximum absolute atomic E-state index is 14.2. The summed E-state index contributed by atoms with van der Waals surface area (Å²) >= 11 is 0. The Balaban J connectivity index is 0.00000124. The summed E-state index contributed by atoms with van der Waals surface area (Å²) in [6.45, 7) is 10.4. The summed E-state index contributed by atoms with van der Waals surface area (Å²) in [7, 11) is 3.06. The largest absolute Gasteiger partial charge is 0.486 e. The number of hydrazine groups is 1. The van der Waals surface area contributed by atoms with Gasteiger partial charge in [-0.25, -0.2) is 10.2 Å². The van der Waals surface area contributed by atoms with Gasteiger partial charge in [0.05, 0.1) is 17.8 Å². The molecule has 0 saturated carbocycles. The van der Waals surface area contributed by atoms with Crippen LogP contribution in [0.4, 0.5) is 4.39 Å². The number of hydrogen-bond acceptors (Lipinski definition) is 8. The highest BCUT2D eigenvalue weighted by Gasteiger charge is 2.36. The number of carbonyl (C=O) groups is 4. The Hall–Kier alpha value is -4.65. The maximum Gasteiger partial charge on any atom is 0.255 e. The monoisotopic (exact) mass is 739 g/mol. The standard InChI is InChI=1S/C33H54FN7O5.C7H8/c1-22(2)17-27-32(44)40(6)30(23(3)4)33(45)39(5)20-29(42)37-15-11-9-7-8-10-12-16-41(36)19-25(35)21-46-28-18-24(34)13-14-26(28)31(43)38-27;1-7-5-3-2-4-6-7/h13-14,18-19,22-23,27,30H,7-12,15-17,20-21,35-36H2,1-6H3,(H,37,42)(H,38,43);2-6H,1H3/b25-19-;. The zero-order valence-electron chi connectivity index (χ0n) is 32.7. The molecule has 0 saturated heterocycles. The van der Waals surface area contributed by atoms with E-state index in [0.717, 1.165) is 50.7 Å². The number of amides is 4. The topological polar surface area (TPSA) is 163 Å². The average molecular weight is 740 g/mol. The first-order valence-corrected chi connectivity index (χ1v) is 18.6. The van der Waals surface area contributed by atoms with Gasteiger partial charge in [-0.2, -0.15) is 0 Å². The molecule has 4 amide bonds. The Kier molecular flexibility index (Phi) is 19.4. The summed E-state index contributed by atoms with van der Waals surface area (Å²) in [5, 5.41) is 7.13. The molecule has 0 spiro atoms. The van der Waals surface area contributed by atoms with Crippen LogP contribution in [0.25, 0.3) is 0 Å². The molecule has 0 aromatic heterocycles. The molecular weight excluding hydrogens is 677 g/mol. The van der Waals surface area contributed by atoms with Crippen molar-refractivity contribution >= 4 is 23.6 Å². The predicted molar refractivity (Wildman–Crippen MR) is 207 cm³/mol. The Morgan fingerprint density at radius 1 is 0.906 bits per heavy atom. The molecule has 2 aromatic rings. The first-order chi connectivity index (χ1) is 25.1. The number of halogens is 1. The van der Waals surface area contributed by atoms with E-state index in [1.54, 1.807) is 6.20 Å². The van der Waals surface area contributed by atoms with E-state index >= 15 is 0 Å². The van der Waals surface area contributed by atoms with Crippen molar-refractivity contribution in [2.45, 2.75) is 91.6 Å². The van der Waals surface area contributed by atoms with E-state index in [9.17, 15) is 23.6 Å². The summed E-state index contributed by atoms with van der Waals surface area (Å²) in [4.78, 5) is 56.3. The number of ether oxygens (including phenoxy) is 1. The van der Waals surface area contributed by atoms with E-state index in [4.69, 9.17) is 16.3 Å². The van der Waals surface area contributed by atoms with Gasteiger partial charge in [-0.1, -0.05) is 89.3 Å². The average Bonchev–Trinajstić information content (AvgIpc) is 3.09. The second kappa shape index (κ2) is 23.1. The maximum atomic E-state index is 14.2. The minimum atomic E-state index is -0.993. The number of nitrogens with zero attached hydrogens (tertiary/aromatic N) is 3. The lowest BCUT2D eigenvalue weighted by Gasteiger charge is -2.35. The van der Waals surface area contributed by atoms with E-state index in [-0.39, 0.29) is 60.2 Å². The summed E-state index contributed by atoms with van der Waals surface area (Å²) in [6.07, 6.45) is 7.49. The van der Waals surface area contributed by atoms with E-state index < -0.39 is 29.7 Å². The molecule has 0 bridgehead atoms. The van der Waals surface area contributed by atoms with Crippen LogP contribution in [-0.4, -0.2) is 90.9 Å². The summed E-state index contributed by atoms with van der Waals surface area (Å²) in [5.41, 5.74) is 7.74. The molecule has 2 unspecified atom stereocenters. The first-order valence-electron chi connectivity index (χ1n) is 18.6. The van der Waals surface area contributed by atoms with Crippen LogP contribution in [0.2, 0.25) is 0 Å². The van der Waals surface area contributed by atoms with E-state index in [1.165, 1.54) is 40.5 Å². The minimum absolute atomic E-state index is 0.00985. The molecule has 0 fully saturated rings. The lowest BCUT2D eigenvalue weighted by molar-refractivity contribution is -0.147. The van der Waals surface area contributed by atoms with E-state index in [0.29, 0.717) is 13.1 Å². The summed E-state index contributed by atoms with van der Waals surface area (Å²) in [6, 6.07) is 11.9. The van der Waals surface area contributed by atoms with Gasteiger partial charge >= 0.3 is 0 Å². The van der Waals surface area contributed by atoms with Crippen molar-refractivity contribution in [3.8, 4) is 5.75 Å². The number of benzene rings is 2. The number of nitrogens with one attached hydrogen (secondary N) is 2. The number of fused-ring (bicyclic) bond motifs is 1. The molecule has 2 atom stereocenters. The summed E-state index contributed by atoms with van der Waals surface area (Å²) < 4.78 is 20.0. The van der Waals surface area contributed by atoms with Gasteiger partial charge in [-0.05, 0) is 50.2 Å². The molecule has 0 aliphatic carbocycles. The van der Waals surface area contributed by atoms with Crippen LogP contribution >= 0.6 is 0 Å². The zero-order valence-corrected chi connectivity index (χ0v) is 32.7. The third-order valence-corrected chi connectivity index (χ3v) is 8.74. The van der Waals surface area contributed by atoms with Crippen molar-refractivity contribution in [2.24, 2.45) is 23.4 Å². The predicted octanol–water partition coefficient (Wildman–Crippen LogP) is 4.73. The van der Waals surface area contributed by atoms with Crippen LogP contribution < -0.4 is 26.9 Å². The van der Waals surface area contributed by atoms with Gasteiger partial charge in [0.15, 0.2) is 0 Å². The summed E-state index contributed by atoms with van der Waals surface area (Å²) in [5.74, 6) is 3.38. The molecule has 294 valence electrons. The molecule has 12 nitrogen and oxygen atoms in total. The molecule has 2 aromatic carbocycles. The van der Waals surface area contributed by atoms with Crippen LogP contribution in [0.3, 0.4) is 0 Å². The lowest BCUT2D eigenvalue weighted by atomic mass is 9.97.